The summed E-state index contributed by atoms with van der Waals surface area (Å²) in [6.07, 6.45) is 12.3. The fraction of sp³-hybridized carbons (Fsp3) is 0.895. The second-order valence-corrected chi connectivity index (χ2v) is 6.94. The SMILES string of the molecule is CCCCCCCCCCCC(=O)NC(CCC)(C(=O)O)N(C)C. The molecule has 5 nitrogen and oxygen atoms in total. The number of aliphatic carboxylic acids is 1. The molecule has 0 rings (SSSR count). The number of carboxylic acids is 1. The molecule has 0 saturated heterocycles. The van der Waals surface area contributed by atoms with Crippen LogP contribution < -0.4 is 5.32 Å². The Morgan fingerprint density at radius 3 is 1.79 bits per heavy atom. The molecule has 1 atom stereocenters. The van der Waals surface area contributed by atoms with E-state index < -0.39 is 11.6 Å². The first-order valence-electron chi connectivity index (χ1n) is 9.62. The molecule has 0 aliphatic carbocycles. The summed E-state index contributed by atoms with van der Waals surface area (Å²) in [5.41, 5.74) is -1.29. The third-order valence-corrected chi connectivity index (χ3v) is 4.58. The molecule has 24 heavy (non-hydrogen) atoms. The quantitative estimate of drug-likeness (QED) is 0.346. The fourth-order valence-corrected chi connectivity index (χ4v) is 3.00. The molecule has 0 heterocycles. The van der Waals surface area contributed by atoms with E-state index in [2.05, 4.69) is 12.2 Å². The molecule has 0 spiro atoms. The number of likely N-dealkylation sites (N-methyl/N-ethyl adjacent to an activating group) is 1. The first kappa shape index (κ1) is 22.9. The van der Waals surface area contributed by atoms with Crippen molar-refractivity contribution in [2.24, 2.45) is 0 Å². The van der Waals surface area contributed by atoms with Gasteiger partial charge in [-0.3, -0.25) is 9.69 Å². The van der Waals surface area contributed by atoms with Crippen molar-refractivity contribution in [3.05, 3.63) is 0 Å². The van der Waals surface area contributed by atoms with Crippen LogP contribution in [0.2, 0.25) is 0 Å². The lowest BCUT2D eigenvalue weighted by atomic mass is 10.0. The molecule has 0 aromatic carbocycles. The van der Waals surface area contributed by atoms with Crippen LogP contribution in [0, 0.1) is 0 Å². The summed E-state index contributed by atoms with van der Waals surface area (Å²) >= 11 is 0. The highest BCUT2D eigenvalue weighted by Crippen LogP contribution is 2.17. The Hall–Kier alpha value is -1.10. The maximum Gasteiger partial charge on any atom is 0.344 e. The normalized spacial score (nSPS) is 13.7. The predicted molar refractivity (Wildman–Crippen MR) is 98.9 cm³/mol. The first-order valence-corrected chi connectivity index (χ1v) is 9.62. The van der Waals surface area contributed by atoms with Crippen molar-refractivity contribution < 1.29 is 14.7 Å². The second kappa shape index (κ2) is 13.2. The highest BCUT2D eigenvalue weighted by Gasteiger charge is 2.41. The number of hydrogen-bond acceptors (Lipinski definition) is 3. The van der Waals surface area contributed by atoms with Gasteiger partial charge in [-0.15, -0.1) is 0 Å². The standard InChI is InChI=1S/C19H38N2O3/c1-5-7-8-9-10-11-12-13-14-15-17(22)20-19(16-6-2,18(23)24)21(3)4/h5-16H2,1-4H3,(H,20,22)(H,23,24). The van der Waals surface area contributed by atoms with E-state index in [1.54, 1.807) is 19.0 Å². The van der Waals surface area contributed by atoms with E-state index in [1.165, 1.54) is 38.5 Å². The van der Waals surface area contributed by atoms with E-state index in [9.17, 15) is 14.7 Å². The maximum atomic E-state index is 12.1. The van der Waals surface area contributed by atoms with Crippen molar-refractivity contribution in [3.63, 3.8) is 0 Å². The minimum atomic E-state index is -1.29. The Morgan fingerprint density at radius 1 is 0.875 bits per heavy atom. The number of carbonyl (C=O) groups excluding carboxylic acids is 1. The van der Waals surface area contributed by atoms with E-state index in [1.807, 2.05) is 6.92 Å². The van der Waals surface area contributed by atoms with Crippen molar-refractivity contribution in [2.45, 2.75) is 96.6 Å². The first-order chi connectivity index (χ1) is 11.4. The Morgan fingerprint density at radius 2 is 1.38 bits per heavy atom. The average Bonchev–Trinajstić information content (AvgIpc) is 2.52. The van der Waals surface area contributed by atoms with Crippen molar-refractivity contribution in [3.8, 4) is 0 Å². The van der Waals surface area contributed by atoms with E-state index in [0.29, 0.717) is 19.3 Å². The van der Waals surface area contributed by atoms with Gasteiger partial charge in [-0.1, -0.05) is 71.6 Å². The van der Waals surface area contributed by atoms with Crippen LogP contribution >= 0.6 is 0 Å². The van der Waals surface area contributed by atoms with Gasteiger partial charge in [-0.2, -0.15) is 0 Å². The number of amides is 1. The number of hydrogen-bond donors (Lipinski definition) is 2. The highest BCUT2D eigenvalue weighted by atomic mass is 16.4. The van der Waals surface area contributed by atoms with Gasteiger partial charge in [0.2, 0.25) is 5.91 Å². The largest absolute Gasteiger partial charge is 0.478 e. The lowest BCUT2D eigenvalue weighted by Crippen LogP contribution is -2.63. The maximum absolute atomic E-state index is 12.1. The van der Waals surface area contributed by atoms with Gasteiger partial charge in [0.1, 0.15) is 0 Å². The highest BCUT2D eigenvalue weighted by molar-refractivity contribution is 5.86. The molecule has 0 aromatic heterocycles. The van der Waals surface area contributed by atoms with Crippen LogP contribution in [0.3, 0.4) is 0 Å². The van der Waals surface area contributed by atoms with Gasteiger partial charge in [0.25, 0.3) is 0 Å². The molecule has 2 N–H and O–H groups in total. The molecule has 0 aromatic rings. The Kier molecular flexibility index (Phi) is 12.6. The topological polar surface area (TPSA) is 69.6 Å². The summed E-state index contributed by atoms with van der Waals surface area (Å²) in [5.74, 6) is -1.16. The molecule has 1 amide bonds. The molecular weight excluding hydrogens is 304 g/mol. The van der Waals surface area contributed by atoms with E-state index in [-0.39, 0.29) is 5.91 Å². The molecule has 5 heteroatoms. The number of carboxylic acid groups (broad SMARTS) is 1. The number of rotatable bonds is 15. The lowest BCUT2D eigenvalue weighted by Gasteiger charge is -2.36. The van der Waals surface area contributed by atoms with Crippen molar-refractivity contribution in [1.82, 2.24) is 10.2 Å². The van der Waals surface area contributed by atoms with Crippen molar-refractivity contribution in [2.75, 3.05) is 14.1 Å². The smallest absolute Gasteiger partial charge is 0.344 e. The molecule has 142 valence electrons. The third-order valence-electron chi connectivity index (χ3n) is 4.58. The molecule has 0 aliphatic heterocycles. The Balaban J connectivity index is 4.04. The number of carbonyl (C=O) groups is 2. The van der Waals surface area contributed by atoms with Crippen LogP contribution in [0.25, 0.3) is 0 Å². The number of nitrogens with zero attached hydrogens (tertiary/aromatic N) is 1. The van der Waals surface area contributed by atoms with Crippen LogP contribution in [0.1, 0.15) is 90.9 Å². The zero-order chi connectivity index (χ0) is 18.4. The van der Waals surface area contributed by atoms with Gasteiger partial charge in [-0.05, 0) is 26.9 Å². The summed E-state index contributed by atoms with van der Waals surface area (Å²) in [5, 5.41) is 12.3. The van der Waals surface area contributed by atoms with Gasteiger partial charge >= 0.3 is 5.97 Å². The van der Waals surface area contributed by atoms with E-state index >= 15 is 0 Å². The molecule has 0 fully saturated rings. The van der Waals surface area contributed by atoms with E-state index in [0.717, 1.165) is 19.3 Å². The summed E-state index contributed by atoms with van der Waals surface area (Å²) < 4.78 is 0. The minimum absolute atomic E-state index is 0.164. The van der Waals surface area contributed by atoms with Gasteiger partial charge in [0.15, 0.2) is 5.66 Å². The average molecular weight is 343 g/mol. The summed E-state index contributed by atoms with van der Waals surface area (Å²) in [6.45, 7) is 4.15. The van der Waals surface area contributed by atoms with Crippen LogP contribution in [0.15, 0.2) is 0 Å². The molecule has 1 unspecified atom stereocenters. The Labute approximate surface area is 148 Å². The molecule has 0 bridgehead atoms. The van der Waals surface area contributed by atoms with Crippen LogP contribution in [0.5, 0.6) is 0 Å². The third kappa shape index (κ3) is 8.67. The van der Waals surface area contributed by atoms with Crippen LogP contribution in [-0.4, -0.2) is 41.6 Å². The van der Waals surface area contributed by atoms with Crippen molar-refractivity contribution in [1.29, 1.82) is 0 Å². The lowest BCUT2D eigenvalue weighted by molar-refractivity contribution is -0.156. The second-order valence-electron chi connectivity index (χ2n) is 6.94. The summed E-state index contributed by atoms with van der Waals surface area (Å²) in [6, 6.07) is 0. The monoisotopic (exact) mass is 342 g/mol. The van der Waals surface area contributed by atoms with Gasteiger partial charge < -0.3 is 10.4 Å². The molecule has 0 saturated carbocycles. The van der Waals surface area contributed by atoms with Crippen molar-refractivity contribution >= 4 is 11.9 Å². The number of unbranched alkanes of at least 4 members (excludes halogenated alkanes) is 8. The molecular formula is C19H38N2O3. The molecule has 0 radical (unpaired) electrons. The summed E-state index contributed by atoms with van der Waals surface area (Å²) in [4.78, 5) is 25.4. The zero-order valence-electron chi connectivity index (χ0n) is 16.2. The predicted octanol–water partition coefficient (Wildman–Crippen LogP) is 4.17. The van der Waals surface area contributed by atoms with Gasteiger partial charge in [0.05, 0.1) is 0 Å². The van der Waals surface area contributed by atoms with Gasteiger partial charge in [0, 0.05) is 6.42 Å². The number of nitrogens with one attached hydrogen (secondary N) is 1. The fourth-order valence-electron chi connectivity index (χ4n) is 3.00. The van der Waals surface area contributed by atoms with Gasteiger partial charge in [-0.25, -0.2) is 4.79 Å². The van der Waals surface area contributed by atoms with Crippen LogP contribution in [-0.2, 0) is 9.59 Å². The summed E-state index contributed by atoms with van der Waals surface area (Å²) in [7, 11) is 3.39. The molecule has 0 aliphatic rings. The Bertz CT molecular complexity index is 359. The zero-order valence-corrected chi connectivity index (χ0v) is 16.2. The van der Waals surface area contributed by atoms with E-state index in [4.69, 9.17) is 0 Å². The minimum Gasteiger partial charge on any atom is -0.478 e. The van der Waals surface area contributed by atoms with Crippen LogP contribution in [0.4, 0.5) is 0 Å².